The van der Waals surface area contributed by atoms with Crippen molar-refractivity contribution in [2.75, 3.05) is 27.3 Å². The summed E-state index contributed by atoms with van der Waals surface area (Å²) in [5.74, 6) is 3.78. The van der Waals surface area contributed by atoms with Crippen molar-refractivity contribution in [3.63, 3.8) is 0 Å². The van der Waals surface area contributed by atoms with Crippen LogP contribution in [0.4, 0.5) is 0 Å². The Morgan fingerprint density at radius 2 is 1.83 bits per heavy atom. The molecule has 24 heavy (non-hydrogen) atoms. The first-order valence-corrected chi connectivity index (χ1v) is 8.71. The van der Waals surface area contributed by atoms with Gasteiger partial charge in [-0.25, -0.2) is 0 Å². The van der Waals surface area contributed by atoms with Crippen LogP contribution in [-0.4, -0.2) is 27.3 Å². The molecule has 0 saturated heterocycles. The highest BCUT2D eigenvalue weighted by molar-refractivity contribution is 5.42. The Hall–Kier alpha value is -1.94. The zero-order valence-corrected chi connectivity index (χ0v) is 15.2. The third-order valence-electron chi connectivity index (χ3n) is 4.48. The molecule has 4 nitrogen and oxygen atoms in total. The number of quaternary nitrogens is 1. The number of ether oxygens (including phenoxy) is 2. The van der Waals surface area contributed by atoms with Gasteiger partial charge >= 0.3 is 0 Å². The molecule has 132 valence electrons. The van der Waals surface area contributed by atoms with Gasteiger partial charge in [-0.15, -0.1) is 0 Å². The number of furan rings is 1. The molecule has 1 heterocycles. The molecule has 0 unspecified atom stereocenters. The van der Waals surface area contributed by atoms with E-state index in [4.69, 9.17) is 13.9 Å². The van der Waals surface area contributed by atoms with Crippen LogP contribution >= 0.6 is 0 Å². The van der Waals surface area contributed by atoms with Crippen LogP contribution in [0.3, 0.4) is 0 Å². The molecule has 0 saturated carbocycles. The number of nitrogens with two attached hydrogens (primary N) is 1. The van der Waals surface area contributed by atoms with Gasteiger partial charge in [0.2, 0.25) is 0 Å². The molecule has 0 fully saturated rings. The first-order valence-electron chi connectivity index (χ1n) is 8.71. The molecular weight excluding hydrogens is 302 g/mol. The van der Waals surface area contributed by atoms with E-state index >= 15 is 0 Å². The van der Waals surface area contributed by atoms with Crippen molar-refractivity contribution in [3.05, 3.63) is 47.9 Å². The fraction of sp³-hybridized carbons (Fsp3) is 0.500. The Bertz CT molecular complexity index is 593. The van der Waals surface area contributed by atoms with Crippen molar-refractivity contribution in [1.82, 2.24) is 0 Å². The lowest BCUT2D eigenvalue weighted by molar-refractivity contribution is -0.655. The lowest BCUT2D eigenvalue weighted by Gasteiger charge is -2.17. The Morgan fingerprint density at radius 3 is 2.46 bits per heavy atom. The van der Waals surface area contributed by atoms with Gasteiger partial charge < -0.3 is 19.2 Å². The highest BCUT2D eigenvalue weighted by Gasteiger charge is 2.18. The maximum absolute atomic E-state index is 5.59. The summed E-state index contributed by atoms with van der Waals surface area (Å²) in [5.41, 5.74) is 1.27. The summed E-state index contributed by atoms with van der Waals surface area (Å²) in [6.07, 6.45) is 3.93. The van der Waals surface area contributed by atoms with Crippen LogP contribution in [0.5, 0.6) is 11.5 Å². The second-order valence-corrected chi connectivity index (χ2v) is 6.46. The second kappa shape index (κ2) is 9.38. The zero-order chi connectivity index (χ0) is 17.4. The molecule has 2 aromatic rings. The van der Waals surface area contributed by atoms with E-state index in [1.54, 1.807) is 20.5 Å². The molecule has 1 atom stereocenters. The van der Waals surface area contributed by atoms with Crippen LogP contribution in [0.2, 0.25) is 0 Å². The summed E-state index contributed by atoms with van der Waals surface area (Å²) in [5, 5.41) is 2.38. The molecule has 0 amide bonds. The fourth-order valence-electron chi connectivity index (χ4n) is 3.05. The lowest BCUT2D eigenvalue weighted by atomic mass is 9.90. The summed E-state index contributed by atoms with van der Waals surface area (Å²) in [7, 11) is 3.34. The number of rotatable bonds is 10. The van der Waals surface area contributed by atoms with Crippen molar-refractivity contribution in [2.24, 2.45) is 5.92 Å². The van der Waals surface area contributed by atoms with Gasteiger partial charge in [0.1, 0.15) is 5.76 Å². The van der Waals surface area contributed by atoms with E-state index in [1.165, 1.54) is 5.56 Å². The Balaban J connectivity index is 1.76. The molecule has 0 spiro atoms. The molecule has 4 heteroatoms. The number of hydrogen-bond acceptors (Lipinski definition) is 3. The van der Waals surface area contributed by atoms with Gasteiger partial charge in [-0.3, -0.25) is 0 Å². The number of methoxy groups -OCH3 is 2. The summed E-state index contributed by atoms with van der Waals surface area (Å²) in [6, 6.07) is 10.2. The van der Waals surface area contributed by atoms with Gasteiger partial charge in [0, 0.05) is 18.8 Å². The highest BCUT2D eigenvalue weighted by Crippen LogP contribution is 2.28. The largest absolute Gasteiger partial charge is 0.493 e. The van der Waals surface area contributed by atoms with Gasteiger partial charge in [-0.05, 0) is 35.7 Å². The van der Waals surface area contributed by atoms with Crippen molar-refractivity contribution in [3.8, 4) is 11.5 Å². The first kappa shape index (κ1) is 18.4. The molecule has 2 N–H and O–H groups in total. The quantitative estimate of drug-likeness (QED) is 0.680. The molecule has 0 aliphatic rings. The zero-order valence-electron chi connectivity index (χ0n) is 15.2. The topological polar surface area (TPSA) is 48.2 Å². The summed E-state index contributed by atoms with van der Waals surface area (Å²) >= 11 is 0. The van der Waals surface area contributed by atoms with E-state index in [9.17, 15) is 0 Å². The molecule has 0 bridgehead atoms. The van der Waals surface area contributed by atoms with Gasteiger partial charge in [-0.1, -0.05) is 19.9 Å². The van der Waals surface area contributed by atoms with E-state index in [1.807, 2.05) is 12.1 Å². The predicted molar refractivity (Wildman–Crippen MR) is 95.8 cm³/mol. The van der Waals surface area contributed by atoms with Gasteiger partial charge in [0.25, 0.3) is 0 Å². The molecule has 2 rings (SSSR count). The Kier molecular flexibility index (Phi) is 7.19. The van der Waals surface area contributed by atoms with Gasteiger partial charge in [-0.2, -0.15) is 0 Å². The van der Waals surface area contributed by atoms with Crippen molar-refractivity contribution >= 4 is 0 Å². The standard InChI is InChI=1S/C20H29NO3/c1-15(2)17(18-6-5-13-24-18)10-12-21-11-9-16-7-8-19(22-3)20(14-16)23-4/h5-8,13-15,17,21H,9-12H2,1-4H3/p+1/t17-/m0/s1. The number of benzene rings is 1. The van der Waals surface area contributed by atoms with Crippen LogP contribution < -0.4 is 14.8 Å². The minimum absolute atomic E-state index is 0.498. The predicted octanol–water partition coefficient (Wildman–Crippen LogP) is 3.23. The van der Waals surface area contributed by atoms with E-state index < -0.39 is 0 Å². The van der Waals surface area contributed by atoms with E-state index in [2.05, 4.69) is 37.4 Å². The smallest absolute Gasteiger partial charge is 0.160 e. The SMILES string of the molecule is COc1ccc(CC[NH2+]CC[C@H](c2ccco2)C(C)C)cc1OC. The van der Waals surface area contributed by atoms with Crippen molar-refractivity contribution in [1.29, 1.82) is 0 Å². The third kappa shape index (κ3) is 5.03. The van der Waals surface area contributed by atoms with E-state index in [0.29, 0.717) is 11.8 Å². The molecular formula is C20H30NO3+. The highest BCUT2D eigenvalue weighted by atomic mass is 16.5. The normalized spacial score (nSPS) is 12.4. The van der Waals surface area contributed by atoms with E-state index in [0.717, 1.165) is 43.2 Å². The van der Waals surface area contributed by atoms with Gasteiger partial charge in [0.15, 0.2) is 11.5 Å². The maximum atomic E-state index is 5.59. The number of hydrogen-bond donors (Lipinski definition) is 1. The summed E-state index contributed by atoms with van der Waals surface area (Å²) in [4.78, 5) is 0. The van der Waals surface area contributed by atoms with Crippen LogP contribution in [0.25, 0.3) is 0 Å². The molecule has 0 radical (unpaired) electrons. The van der Waals surface area contributed by atoms with E-state index in [-0.39, 0.29) is 0 Å². The van der Waals surface area contributed by atoms with Crippen molar-refractivity contribution < 1.29 is 19.2 Å². The average Bonchev–Trinajstić information content (AvgIpc) is 3.11. The third-order valence-corrected chi connectivity index (χ3v) is 4.48. The Morgan fingerprint density at radius 1 is 1.04 bits per heavy atom. The molecule has 1 aromatic heterocycles. The van der Waals surface area contributed by atoms with Crippen molar-refractivity contribution in [2.45, 2.75) is 32.6 Å². The monoisotopic (exact) mass is 332 g/mol. The molecule has 0 aliphatic heterocycles. The summed E-state index contributed by atoms with van der Waals surface area (Å²) in [6.45, 7) is 6.70. The van der Waals surface area contributed by atoms with Crippen LogP contribution in [0.15, 0.2) is 41.0 Å². The maximum Gasteiger partial charge on any atom is 0.160 e. The van der Waals surface area contributed by atoms with Crippen LogP contribution in [0, 0.1) is 5.92 Å². The minimum atomic E-state index is 0.498. The lowest BCUT2D eigenvalue weighted by Crippen LogP contribution is -2.84. The average molecular weight is 332 g/mol. The second-order valence-electron chi connectivity index (χ2n) is 6.46. The Labute approximate surface area is 145 Å². The molecule has 1 aromatic carbocycles. The molecule has 0 aliphatic carbocycles. The minimum Gasteiger partial charge on any atom is -0.493 e. The van der Waals surface area contributed by atoms with Crippen LogP contribution in [-0.2, 0) is 6.42 Å². The fourth-order valence-corrected chi connectivity index (χ4v) is 3.05. The summed E-state index contributed by atoms with van der Waals surface area (Å²) < 4.78 is 16.2. The van der Waals surface area contributed by atoms with Gasteiger partial charge in [0.05, 0.1) is 33.6 Å². The first-order chi connectivity index (χ1) is 11.7. The van der Waals surface area contributed by atoms with Crippen LogP contribution in [0.1, 0.15) is 37.5 Å².